The lowest BCUT2D eigenvalue weighted by molar-refractivity contribution is 0.0444. The molecule has 2 heteroatoms. The lowest BCUT2D eigenvalue weighted by atomic mass is 10.1. The number of benzene rings is 1. The molecular formula is C9H13NO. The van der Waals surface area contributed by atoms with Gasteiger partial charge < -0.3 is 0 Å². The van der Waals surface area contributed by atoms with Crippen LogP contribution in [0.1, 0.15) is 11.1 Å². The molecule has 0 heterocycles. The van der Waals surface area contributed by atoms with Crippen molar-refractivity contribution in [3.8, 4) is 0 Å². The second kappa shape index (κ2) is 4.11. The molecule has 0 saturated carbocycles. The largest absolute Gasteiger partial charge is 0.297 e. The first-order valence-corrected chi connectivity index (χ1v) is 3.67. The number of hydroxylamine groups is 1. The van der Waals surface area contributed by atoms with Crippen molar-refractivity contribution >= 4 is 0 Å². The van der Waals surface area contributed by atoms with Gasteiger partial charge in [0.15, 0.2) is 0 Å². The van der Waals surface area contributed by atoms with Crippen molar-refractivity contribution in [3.63, 3.8) is 0 Å². The zero-order chi connectivity index (χ0) is 8.10. The summed E-state index contributed by atoms with van der Waals surface area (Å²) >= 11 is 0. The molecule has 0 aliphatic heterocycles. The van der Waals surface area contributed by atoms with Crippen molar-refractivity contribution in [1.82, 2.24) is 5.48 Å². The molecule has 1 aromatic rings. The number of hydrogen-bond donors (Lipinski definition) is 1. The summed E-state index contributed by atoms with van der Waals surface area (Å²) < 4.78 is 0. The van der Waals surface area contributed by atoms with Crippen LogP contribution >= 0.6 is 0 Å². The molecule has 0 saturated heterocycles. The molecule has 0 radical (unpaired) electrons. The molecule has 1 N–H and O–H groups in total. The van der Waals surface area contributed by atoms with Crippen LogP contribution in [-0.2, 0) is 11.4 Å². The van der Waals surface area contributed by atoms with E-state index in [0.29, 0.717) is 6.61 Å². The molecular weight excluding hydrogens is 138 g/mol. The van der Waals surface area contributed by atoms with Crippen molar-refractivity contribution in [2.45, 2.75) is 13.5 Å². The first kappa shape index (κ1) is 8.24. The van der Waals surface area contributed by atoms with Crippen molar-refractivity contribution in [2.24, 2.45) is 0 Å². The lowest BCUT2D eigenvalue weighted by Gasteiger charge is -2.01. The Balaban J connectivity index is 2.56. The summed E-state index contributed by atoms with van der Waals surface area (Å²) in [4.78, 5) is 5.02. The number of rotatable bonds is 3. The maximum Gasteiger partial charge on any atom is 0.0932 e. The van der Waals surface area contributed by atoms with Gasteiger partial charge in [-0.25, -0.2) is 5.48 Å². The van der Waals surface area contributed by atoms with Gasteiger partial charge in [0.05, 0.1) is 6.61 Å². The monoisotopic (exact) mass is 151 g/mol. The van der Waals surface area contributed by atoms with Crippen LogP contribution in [0.3, 0.4) is 0 Å². The van der Waals surface area contributed by atoms with E-state index in [9.17, 15) is 0 Å². The minimum Gasteiger partial charge on any atom is -0.297 e. The molecule has 1 rings (SSSR count). The van der Waals surface area contributed by atoms with Crippen molar-refractivity contribution < 1.29 is 4.84 Å². The number of aryl methyl sites for hydroxylation is 1. The topological polar surface area (TPSA) is 21.3 Å². The third-order valence-electron chi connectivity index (χ3n) is 1.47. The van der Waals surface area contributed by atoms with E-state index >= 15 is 0 Å². The Morgan fingerprint density at radius 3 is 2.91 bits per heavy atom. The van der Waals surface area contributed by atoms with E-state index < -0.39 is 0 Å². The highest BCUT2D eigenvalue weighted by molar-refractivity contribution is 5.21. The SMILES string of the molecule is CNOCc1cccc(C)c1. The minimum atomic E-state index is 0.623. The third-order valence-corrected chi connectivity index (χ3v) is 1.47. The highest BCUT2D eigenvalue weighted by Crippen LogP contribution is 2.03. The van der Waals surface area contributed by atoms with Gasteiger partial charge in [0.2, 0.25) is 0 Å². The van der Waals surface area contributed by atoms with Gasteiger partial charge >= 0.3 is 0 Å². The molecule has 0 unspecified atom stereocenters. The molecule has 2 nitrogen and oxygen atoms in total. The fourth-order valence-electron chi connectivity index (χ4n) is 0.957. The van der Waals surface area contributed by atoms with Crippen LogP contribution < -0.4 is 5.48 Å². The van der Waals surface area contributed by atoms with Gasteiger partial charge in [0.1, 0.15) is 0 Å². The molecule has 0 spiro atoms. The van der Waals surface area contributed by atoms with Crippen molar-refractivity contribution in [1.29, 1.82) is 0 Å². The van der Waals surface area contributed by atoms with Crippen LogP contribution in [0.15, 0.2) is 24.3 Å². The number of nitrogens with one attached hydrogen (secondary N) is 1. The van der Waals surface area contributed by atoms with E-state index in [0.717, 1.165) is 0 Å². The summed E-state index contributed by atoms with van der Waals surface area (Å²) in [6, 6.07) is 8.26. The Hall–Kier alpha value is -0.860. The molecule has 1 aromatic carbocycles. The average Bonchev–Trinajstić information content (AvgIpc) is 2.01. The second-order valence-corrected chi connectivity index (χ2v) is 2.48. The normalized spacial score (nSPS) is 10.0. The minimum absolute atomic E-state index is 0.623. The van der Waals surface area contributed by atoms with Gasteiger partial charge in [0, 0.05) is 7.05 Å². The van der Waals surface area contributed by atoms with Crippen LogP contribution in [-0.4, -0.2) is 7.05 Å². The van der Waals surface area contributed by atoms with Gasteiger partial charge in [-0.05, 0) is 12.5 Å². The maximum absolute atomic E-state index is 5.02. The summed E-state index contributed by atoms with van der Waals surface area (Å²) in [6.45, 7) is 2.70. The standard InChI is InChI=1S/C9H13NO/c1-8-4-3-5-9(6-8)7-11-10-2/h3-6,10H,7H2,1-2H3. The zero-order valence-electron chi connectivity index (χ0n) is 6.92. The number of hydrogen-bond acceptors (Lipinski definition) is 2. The summed E-state index contributed by atoms with van der Waals surface area (Å²) in [7, 11) is 1.76. The molecule has 0 amide bonds. The summed E-state index contributed by atoms with van der Waals surface area (Å²) in [6.07, 6.45) is 0. The zero-order valence-corrected chi connectivity index (χ0v) is 6.92. The smallest absolute Gasteiger partial charge is 0.0932 e. The van der Waals surface area contributed by atoms with E-state index in [2.05, 4.69) is 24.5 Å². The lowest BCUT2D eigenvalue weighted by Crippen LogP contribution is -2.06. The van der Waals surface area contributed by atoms with Gasteiger partial charge in [-0.15, -0.1) is 0 Å². The Morgan fingerprint density at radius 1 is 1.45 bits per heavy atom. The Morgan fingerprint density at radius 2 is 2.27 bits per heavy atom. The van der Waals surface area contributed by atoms with E-state index in [4.69, 9.17) is 4.84 Å². The fraction of sp³-hybridized carbons (Fsp3) is 0.333. The second-order valence-electron chi connectivity index (χ2n) is 2.48. The Labute approximate surface area is 67.1 Å². The maximum atomic E-state index is 5.02. The van der Waals surface area contributed by atoms with E-state index in [-0.39, 0.29) is 0 Å². The Bertz CT molecular complexity index is 223. The summed E-state index contributed by atoms with van der Waals surface area (Å²) in [5.41, 5.74) is 5.10. The van der Waals surface area contributed by atoms with E-state index in [1.807, 2.05) is 12.1 Å². The predicted molar refractivity (Wildman–Crippen MR) is 45.0 cm³/mol. The molecule has 0 fully saturated rings. The molecule has 0 aliphatic rings. The van der Waals surface area contributed by atoms with Crippen molar-refractivity contribution in [3.05, 3.63) is 35.4 Å². The molecule has 0 aliphatic carbocycles. The molecule has 0 aromatic heterocycles. The molecule has 60 valence electrons. The van der Waals surface area contributed by atoms with Gasteiger partial charge in [-0.1, -0.05) is 29.8 Å². The summed E-state index contributed by atoms with van der Waals surface area (Å²) in [5.74, 6) is 0. The summed E-state index contributed by atoms with van der Waals surface area (Å²) in [5, 5.41) is 0. The van der Waals surface area contributed by atoms with Crippen LogP contribution in [0.5, 0.6) is 0 Å². The van der Waals surface area contributed by atoms with Gasteiger partial charge in [0.25, 0.3) is 0 Å². The van der Waals surface area contributed by atoms with Gasteiger partial charge in [-0.2, -0.15) is 0 Å². The highest BCUT2D eigenvalue weighted by atomic mass is 16.6. The molecule has 11 heavy (non-hydrogen) atoms. The average molecular weight is 151 g/mol. The highest BCUT2D eigenvalue weighted by Gasteiger charge is 1.90. The van der Waals surface area contributed by atoms with Gasteiger partial charge in [-0.3, -0.25) is 4.84 Å². The predicted octanol–water partition coefficient (Wildman–Crippen LogP) is 1.65. The van der Waals surface area contributed by atoms with Crippen molar-refractivity contribution in [2.75, 3.05) is 7.05 Å². The first-order valence-electron chi connectivity index (χ1n) is 3.67. The first-order chi connectivity index (χ1) is 5.33. The van der Waals surface area contributed by atoms with Crippen LogP contribution in [0.4, 0.5) is 0 Å². The third kappa shape index (κ3) is 2.70. The van der Waals surface area contributed by atoms with Crippen LogP contribution in [0.25, 0.3) is 0 Å². The van der Waals surface area contributed by atoms with E-state index in [1.54, 1.807) is 7.05 Å². The van der Waals surface area contributed by atoms with E-state index in [1.165, 1.54) is 11.1 Å². The molecule has 0 bridgehead atoms. The van der Waals surface area contributed by atoms with Crippen LogP contribution in [0.2, 0.25) is 0 Å². The Kier molecular flexibility index (Phi) is 3.08. The quantitative estimate of drug-likeness (QED) is 0.663. The molecule has 0 atom stereocenters. The van der Waals surface area contributed by atoms with Crippen LogP contribution in [0, 0.1) is 6.92 Å². The fourth-order valence-corrected chi connectivity index (χ4v) is 0.957.